The van der Waals surface area contributed by atoms with Gasteiger partial charge in [0.2, 0.25) is 0 Å². The maximum absolute atomic E-state index is 11.6. The van der Waals surface area contributed by atoms with Crippen LogP contribution in [0.5, 0.6) is 0 Å². The molecular formula is C13H15N3O. The van der Waals surface area contributed by atoms with Gasteiger partial charge in [-0.3, -0.25) is 4.79 Å². The Morgan fingerprint density at radius 2 is 2.24 bits per heavy atom. The minimum absolute atomic E-state index is 0.129. The molecule has 4 heteroatoms. The van der Waals surface area contributed by atoms with Crippen molar-refractivity contribution in [3.8, 4) is 5.69 Å². The van der Waals surface area contributed by atoms with Gasteiger partial charge in [0, 0.05) is 12.0 Å². The molecule has 0 radical (unpaired) electrons. The van der Waals surface area contributed by atoms with Gasteiger partial charge in [0.1, 0.15) is 0 Å². The summed E-state index contributed by atoms with van der Waals surface area (Å²) >= 11 is 0. The van der Waals surface area contributed by atoms with Crippen molar-refractivity contribution < 1.29 is 4.79 Å². The third kappa shape index (κ3) is 2.06. The first-order chi connectivity index (χ1) is 8.13. The average Bonchev–Trinajstić information content (AvgIpc) is 2.69. The second-order valence-electron chi connectivity index (χ2n) is 3.92. The fraction of sp³-hybridized carbons (Fsp3) is 0.231. The number of carbonyl (C=O) groups is 1. The first-order valence-corrected chi connectivity index (χ1v) is 5.57. The average molecular weight is 229 g/mol. The quantitative estimate of drug-likeness (QED) is 0.822. The van der Waals surface area contributed by atoms with Gasteiger partial charge in [-0.1, -0.05) is 19.1 Å². The zero-order valence-corrected chi connectivity index (χ0v) is 9.97. The summed E-state index contributed by atoms with van der Waals surface area (Å²) in [7, 11) is 0. The van der Waals surface area contributed by atoms with E-state index in [-0.39, 0.29) is 5.78 Å². The van der Waals surface area contributed by atoms with Crippen molar-refractivity contribution in [1.82, 2.24) is 9.78 Å². The van der Waals surface area contributed by atoms with E-state index < -0.39 is 0 Å². The number of aromatic nitrogens is 2. The first-order valence-electron chi connectivity index (χ1n) is 5.57. The summed E-state index contributed by atoms with van der Waals surface area (Å²) in [4.78, 5) is 11.6. The number of nitrogen functional groups attached to an aromatic ring is 1. The van der Waals surface area contributed by atoms with Crippen molar-refractivity contribution in [1.29, 1.82) is 0 Å². The highest BCUT2D eigenvalue weighted by Gasteiger charge is 2.08. The van der Waals surface area contributed by atoms with Crippen LogP contribution >= 0.6 is 0 Å². The fourth-order valence-electron chi connectivity index (χ4n) is 1.70. The van der Waals surface area contributed by atoms with Crippen molar-refractivity contribution in [2.24, 2.45) is 0 Å². The largest absolute Gasteiger partial charge is 0.396 e. The van der Waals surface area contributed by atoms with Crippen molar-refractivity contribution in [2.45, 2.75) is 20.3 Å². The molecule has 0 bridgehead atoms. The van der Waals surface area contributed by atoms with E-state index in [1.54, 1.807) is 10.9 Å². The molecule has 0 atom stereocenters. The van der Waals surface area contributed by atoms with Gasteiger partial charge >= 0.3 is 0 Å². The molecule has 0 aliphatic heterocycles. The number of hydrogen-bond acceptors (Lipinski definition) is 3. The lowest BCUT2D eigenvalue weighted by Crippen LogP contribution is -2.02. The van der Waals surface area contributed by atoms with Gasteiger partial charge in [-0.25, -0.2) is 4.68 Å². The molecule has 1 aromatic carbocycles. The summed E-state index contributed by atoms with van der Waals surface area (Å²) in [6, 6.07) is 7.42. The van der Waals surface area contributed by atoms with E-state index >= 15 is 0 Å². The molecule has 0 amide bonds. The van der Waals surface area contributed by atoms with Crippen LogP contribution in [-0.2, 0) is 0 Å². The van der Waals surface area contributed by atoms with Crippen molar-refractivity contribution in [3.63, 3.8) is 0 Å². The summed E-state index contributed by atoms with van der Waals surface area (Å²) in [5, 5.41) is 4.19. The molecule has 0 unspecified atom stereocenters. The number of hydrogen-bond donors (Lipinski definition) is 1. The topological polar surface area (TPSA) is 60.9 Å². The number of rotatable bonds is 3. The molecule has 0 saturated heterocycles. The zero-order chi connectivity index (χ0) is 12.4. The van der Waals surface area contributed by atoms with Crippen LogP contribution in [-0.4, -0.2) is 15.6 Å². The molecule has 1 heterocycles. The van der Waals surface area contributed by atoms with Gasteiger partial charge in [0.15, 0.2) is 5.78 Å². The van der Waals surface area contributed by atoms with E-state index in [0.717, 1.165) is 11.4 Å². The summed E-state index contributed by atoms with van der Waals surface area (Å²) < 4.78 is 1.74. The maximum Gasteiger partial charge on any atom is 0.162 e. The minimum atomic E-state index is 0.129. The fourth-order valence-corrected chi connectivity index (χ4v) is 1.70. The Morgan fingerprint density at radius 1 is 1.47 bits per heavy atom. The highest BCUT2D eigenvalue weighted by Crippen LogP contribution is 2.17. The third-order valence-electron chi connectivity index (χ3n) is 2.78. The number of nitrogens with two attached hydrogens (primary N) is 1. The minimum Gasteiger partial charge on any atom is -0.396 e. The molecule has 0 aliphatic rings. The monoisotopic (exact) mass is 229 g/mol. The Hall–Kier alpha value is -2.10. The van der Waals surface area contributed by atoms with Crippen LogP contribution in [0.15, 0.2) is 30.5 Å². The molecule has 2 N–H and O–H groups in total. The van der Waals surface area contributed by atoms with Crippen LogP contribution in [0.25, 0.3) is 5.69 Å². The van der Waals surface area contributed by atoms with E-state index in [9.17, 15) is 4.79 Å². The van der Waals surface area contributed by atoms with Crippen LogP contribution < -0.4 is 5.73 Å². The second kappa shape index (κ2) is 4.41. The summed E-state index contributed by atoms with van der Waals surface area (Å²) in [5.74, 6) is 0.129. The van der Waals surface area contributed by atoms with Crippen molar-refractivity contribution in [2.75, 3.05) is 5.73 Å². The number of ketones is 1. The predicted octanol–water partition coefficient (Wildman–Crippen LogP) is 2.36. The molecule has 0 aliphatic carbocycles. The Kier molecular flexibility index (Phi) is 2.95. The zero-order valence-electron chi connectivity index (χ0n) is 9.97. The van der Waals surface area contributed by atoms with Gasteiger partial charge < -0.3 is 5.73 Å². The van der Waals surface area contributed by atoms with Crippen LogP contribution in [0.1, 0.15) is 29.4 Å². The molecule has 2 aromatic rings. The summed E-state index contributed by atoms with van der Waals surface area (Å²) in [6.07, 6.45) is 2.12. The molecule has 2 rings (SSSR count). The first kappa shape index (κ1) is 11.4. The second-order valence-corrected chi connectivity index (χ2v) is 3.92. The number of benzene rings is 1. The van der Waals surface area contributed by atoms with E-state index in [0.29, 0.717) is 17.7 Å². The SMILES string of the molecule is CCC(=O)c1cccc(-n2ncc(N)c2C)c1. The lowest BCUT2D eigenvalue weighted by Gasteiger charge is -2.06. The van der Waals surface area contributed by atoms with Gasteiger partial charge in [-0.15, -0.1) is 0 Å². The number of anilines is 1. The normalized spacial score (nSPS) is 10.5. The van der Waals surface area contributed by atoms with E-state index in [1.165, 1.54) is 0 Å². The molecule has 0 spiro atoms. The number of Topliss-reactive ketones (excluding diaryl/α,β-unsaturated/α-hetero) is 1. The number of nitrogens with zero attached hydrogens (tertiary/aromatic N) is 2. The summed E-state index contributed by atoms with van der Waals surface area (Å²) in [5.41, 5.74) is 8.85. The highest BCUT2D eigenvalue weighted by atomic mass is 16.1. The van der Waals surface area contributed by atoms with E-state index in [4.69, 9.17) is 5.73 Å². The van der Waals surface area contributed by atoms with Crippen LogP contribution in [0.2, 0.25) is 0 Å². The highest BCUT2D eigenvalue weighted by molar-refractivity contribution is 5.96. The van der Waals surface area contributed by atoms with Crippen LogP contribution in [0.3, 0.4) is 0 Å². The lowest BCUT2D eigenvalue weighted by atomic mass is 10.1. The van der Waals surface area contributed by atoms with Crippen LogP contribution in [0.4, 0.5) is 5.69 Å². The molecule has 88 valence electrons. The van der Waals surface area contributed by atoms with Crippen molar-refractivity contribution >= 4 is 11.5 Å². The lowest BCUT2D eigenvalue weighted by molar-refractivity contribution is 0.0988. The van der Waals surface area contributed by atoms with Gasteiger partial charge in [0.05, 0.1) is 23.3 Å². The van der Waals surface area contributed by atoms with Gasteiger partial charge in [-0.05, 0) is 19.1 Å². The number of carbonyl (C=O) groups excluding carboxylic acids is 1. The Bertz CT molecular complexity index is 558. The molecular weight excluding hydrogens is 214 g/mol. The Morgan fingerprint density at radius 3 is 2.82 bits per heavy atom. The third-order valence-corrected chi connectivity index (χ3v) is 2.78. The Balaban J connectivity index is 2.47. The molecule has 17 heavy (non-hydrogen) atoms. The molecule has 0 fully saturated rings. The van der Waals surface area contributed by atoms with Gasteiger partial charge in [-0.2, -0.15) is 5.10 Å². The summed E-state index contributed by atoms with van der Waals surface area (Å²) in [6.45, 7) is 3.75. The van der Waals surface area contributed by atoms with Crippen molar-refractivity contribution in [3.05, 3.63) is 41.7 Å². The Labute approximate surface area is 100 Å². The smallest absolute Gasteiger partial charge is 0.162 e. The molecule has 4 nitrogen and oxygen atoms in total. The van der Waals surface area contributed by atoms with E-state index in [1.807, 2.05) is 38.1 Å². The molecule has 0 saturated carbocycles. The molecule has 1 aromatic heterocycles. The standard InChI is InChI=1S/C13H15N3O/c1-3-13(17)10-5-4-6-11(7-10)16-9(2)12(14)8-15-16/h4-8H,3,14H2,1-2H3. The maximum atomic E-state index is 11.6. The van der Waals surface area contributed by atoms with E-state index in [2.05, 4.69) is 5.10 Å². The van der Waals surface area contributed by atoms with Gasteiger partial charge in [0.25, 0.3) is 0 Å². The predicted molar refractivity (Wildman–Crippen MR) is 67.3 cm³/mol. The van der Waals surface area contributed by atoms with Crippen LogP contribution in [0, 0.1) is 6.92 Å².